The predicted octanol–water partition coefficient (Wildman–Crippen LogP) is 5.29. The molecule has 1 aliphatic heterocycles. The predicted molar refractivity (Wildman–Crippen MR) is 171 cm³/mol. The number of aromatic amines is 1. The maximum absolute atomic E-state index is 14.5. The van der Waals surface area contributed by atoms with E-state index >= 15 is 0 Å². The van der Waals surface area contributed by atoms with E-state index in [2.05, 4.69) is 20.5 Å². The van der Waals surface area contributed by atoms with E-state index in [0.29, 0.717) is 60.9 Å². The number of halogens is 4. The molecule has 2 aromatic heterocycles. The molecule has 0 bridgehead atoms. The summed E-state index contributed by atoms with van der Waals surface area (Å²) in [7, 11) is 0. The van der Waals surface area contributed by atoms with Crippen LogP contribution < -0.4 is 10.1 Å². The quantitative estimate of drug-likeness (QED) is 0.107. The molecular formula is C35H35F4N5O4. The van der Waals surface area contributed by atoms with Crippen molar-refractivity contribution in [3.8, 4) is 5.88 Å². The highest BCUT2D eigenvalue weighted by Crippen LogP contribution is 2.40. The first-order valence-electron chi connectivity index (χ1n) is 15.6. The van der Waals surface area contributed by atoms with Crippen molar-refractivity contribution in [2.45, 2.75) is 37.1 Å². The minimum absolute atomic E-state index is 0.0244. The van der Waals surface area contributed by atoms with Crippen LogP contribution in [0.2, 0.25) is 0 Å². The van der Waals surface area contributed by atoms with E-state index in [9.17, 15) is 27.5 Å². The minimum atomic E-state index is -4.52. The molecule has 1 amide bonds. The Morgan fingerprint density at radius 3 is 2.62 bits per heavy atom. The van der Waals surface area contributed by atoms with Gasteiger partial charge in [0.25, 0.3) is 0 Å². The summed E-state index contributed by atoms with van der Waals surface area (Å²) in [5.41, 5.74) is 1.62. The number of morpholine rings is 1. The lowest BCUT2D eigenvalue weighted by Crippen LogP contribution is -2.46. The van der Waals surface area contributed by atoms with Crippen LogP contribution in [0, 0.1) is 5.95 Å². The number of H-pyrrole nitrogens is 1. The summed E-state index contributed by atoms with van der Waals surface area (Å²) in [5, 5.41) is 19.0. The third kappa shape index (κ3) is 8.09. The van der Waals surface area contributed by atoms with Crippen LogP contribution in [-0.2, 0) is 9.53 Å². The number of carbonyl (C=O) groups is 1. The number of ether oxygens (including phenoxy) is 2. The van der Waals surface area contributed by atoms with Crippen molar-refractivity contribution in [2.24, 2.45) is 0 Å². The largest absolute Gasteiger partial charge is 0.476 e. The summed E-state index contributed by atoms with van der Waals surface area (Å²) in [5.74, 6) is -0.586. The van der Waals surface area contributed by atoms with E-state index < -0.39 is 18.5 Å². The monoisotopic (exact) mass is 665 g/mol. The summed E-state index contributed by atoms with van der Waals surface area (Å²) >= 11 is 0. The highest BCUT2D eigenvalue weighted by Gasteiger charge is 2.43. The standard InChI is InChI=1S/C35H35F4N5O4/c36-33-27-17-24(8-10-29(27)42-43-33)32(28(18-35(37,38)39)23-5-2-1-3-6-23)25-9-11-30(40-19-25)48-22-34(12-13-34)41-14-4-7-31(46)44-15-16-47-26(20-44)21-45/h1-11,17,19,26,41,45H,12-16,18,20-22H2,(H,42,43)/b7-4+,32-28-/t26-/m1/s1. The van der Waals surface area contributed by atoms with Gasteiger partial charge < -0.3 is 24.8 Å². The van der Waals surface area contributed by atoms with Gasteiger partial charge in [-0.2, -0.15) is 17.6 Å². The molecule has 13 heteroatoms. The van der Waals surface area contributed by atoms with Crippen molar-refractivity contribution < 1.29 is 36.9 Å². The SMILES string of the molecule is O=C(/C=C/CNC1(COc2ccc(/C(=C(/CC(F)(F)F)c3ccccc3)c3ccc4[nH]nc(F)c4c3)cn2)CC1)N1CCO[C@@H](CO)C1. The Morgan fingerprint density at radius 2 is 1.92 bits per heavy atom. The van der Waals surface area contributed by atoms with Gasteiger partial charge in [-0.1, -0.05) is 42.5 Å². The van der Waals surface area contributed by atoms with Crippen LogP contribution in [0.15, 0.2) is 79.0 Å². The average Bonchev–Trinajstić information content (AvgIpc) is 3.78. The first-order chi connectivity index (χ1) is 23.1. The first-order valence-corrected chi connectivity index (χ1v) is 15.6. The summed E-state index contributed by atoms with van der Waals surface area (Å²) in [4.78, 5) is 18.6. The number of aliphatic hydroxyl groups is 1. The Labute approximate surface area is 274 Å². The molecule has 0 unspecified atom stereocenters. The molecule has 9 nitrogen and oxygen atoms in total. The molecule has 0 spiro atoms. The number of amides is 1. The molecule has 1 atom stereocenters. The zero-order valence-corrected chi connectivity index (χ0v) is 26.0. The Kier molecular flexibility index (Phi) is 9.90. The fourth-order valence-electron chi connectivity index (χ4n) is 5.75. The number of aromatic nitrogens is 3. The molecule has 1 saturated carbocycles. The van der Waals surface area contributed by atoms with Crippen molar-refractivity contribution in [3.63, 3.8) is 0 Å². The molecule has 4 aromatic rings. The van der Waals surface area contributed by atoms with Gasteiger partial charge in [-0.3, -0.25) is 9.89 Å². The van der Waals surface area contributed by atoms with Crippen LogP contribution in [0.3, 0.4) is 0 Å². The molecule has 1 saturated heterocycles. The summed E-state index contributed by atoms with van der Waals surface area (Å²) in [6, 6.07) is 16.3. The van der Waals surface area contributed by atoms with E-state index in [1.807, 2.05) is 0 Å². The number of alkyl halides is 3. The highest BCUT2D eigenvalue weighted by atomic mass is 19.4. The Balaban J connectivity index is 1.18. The number of nitrogens with one attached hydrogen (secondary N) is 2. The van der Waals surface area contributed by atoms with Gasteiger partial charge in [0.1, 0.15) is 6.61 Å². The van der Waals surface area contributed by atoms with Crippen molar-refractivity contribution in [1.29, 1.82) is 0 Å². The second-order valence-electron chi connectivity index (χ2n) is 12.0. The summed E-state index contributed by atoms with van der Waals surface area (Å²) < 4.78 is 67.9. The van der Waals surface area contributed by atoms with Crippen LogP contribution in [0.1, 0.15) is 36.0 Å². The molecule has 2 aliphatic rings. The smallest absolute Gasteiger partial charge is 0.393 e. The minimum Gasteiger partial charge on any atom is -0.476 e. The highest BCUT2D eigenvalue weighted by molar-refractivity contribution is 6.00. The number of pyridine rings is 1. The van der Waals surface area contributed by atoms with Gasteiger partial charge >= 0.3 is 6.18 Å². The van der Waals surface area contributed by atoms with Crippen molar-refractivity contribution in [2.75, 3.05) is 39.5 Å². The molecule has 1 aliphatic carbocycles. The molecule has 3 heterocycles. The normalized spacial score (nSPS) is 18.3. The maximum Gasteiger partial charge on any atom is 0.393 e. The van der Waals surface area contributed by atoms with Crippen molar-refractivity contribution in [3.05, 3.63) is 102 Å². The lowest BCUT2D eigenvalue weighted by atomic mass is 9.88. The van der Waals surface area contributed by atoms with Crippen LogP contribution in [0.5, 0.6) is 5.88 Å². The average molecular weight is 666 g/mol. The Hall–Kier alpha value is -4.59. The van der Waals surface area contributed by atoms with Gasteiger partial charge in [0.2, 0.25) is 17.7 Å². The Morgan fingerprint density at radius 1 is 1.12 bits per heavy atom. The Bertz CT molecular complexity index is 1790. The number of hydrogen-bond donors (Lipinski definition) is 3. The maximum atomic E-state index is 14.5. The number of aliphatic hydroxyl groups excluding tert-OH is 1. The first kappa shape index (κ1) is 33.3. The van der Waals surface area contributed by atoms with Gasteiger partial charge in [-0.05, 0) is 53.3 Å². The number of rotatable bonds is 12. The zero-order chi connectivity index (χ0) is 33.7. The van der Waals surface area contributed by atoms with E-state index in [0.717, 1.165) is 12.8 Å². The van der Waals surface area contributed by atoms with Gasteiger partial charge in [0.05, 0.1) is 42.2 Å². The topological polar surface area (TPSA) is 113 Å². The van der Waals surface area contributed by atoms with Crippen LogP contribution >= 0.6 is 0 Å². The van der Waals surface area contributed by atoms with Gasteiger partial charge in [0.15, 0.2) is 0 Å². The fraction of sp³-hybridized carbons (Fsp3) is 0.343. The number of carbonyl (C=O) groups excluding carboxylic acids is 1. The number of allylic oxidation sites excluding steroid dienone is 1. The van der Waals surface area contributed by atoms with Crippen molar-refractivity contribution in [1.82, 2.24) is 25.4 Å². The molecular weight excluding hydrogens is 630 g/mol. The van der Waals surface area contributed by atoms with E-state index in [-0.39, 0.29) is 40.7 Å². The lowest BCUT2D eigenvalue weighted by Gasteiger charge is -2.31. The third-order valence-electron chi connectivity index (χ3n) is 8.49. The summed E-state index contributed by atoms with van der Waals surface area (Å²) in [6.45, 7) is 1.84. The molecule has 2 fully saturated rings. The number of hydrogen-bond acceptors (Lipinski definition) is 7. The molecule has 3 N–H and O–H groups in total. The molecule has 6 rings (SSSR count). The summed E-state index contributed by atoms with van der Waals surface area (Å²) in [6.07, 6.45) is 0.374. The number of fused-ring (bicyclic) bond motifs is 1. The van der Waals surface area contributed by atoms with Crippen LogP contribution in [0.4, 0.5) is 17.6 Å². The second-order valence-corrected chi connectivity index (χ2v) is 12.0. The molecule has 2 aromatic carbocycles. The lowest BCUT2D eigenvalue weighted by molar-refractivity contribution is -0.135. The van der Waals surface area contributed by atoms with Gasteiger partial charge in [-0.25, -0.2) is 4.98 Å². The molecule has 48 heavy (non-hydrogen) atoms. The number of benzene rings is 2. The van der Waals surface area contributed by atoms with E-state index in [1.165, 1.54) is 18.3 Å². The second kappa shape index (κ2) is 14.3. The molecule has 252 valence electrons. The van der Waals surface area contributed by atoms with E-state index in [1.54, 1.807) is 65.6 Å². The van der Waals surface area contributed by atoms with Crippen LogP contribution in [-0.4, -0.2) is 88.4 Å². The third-order valence-corrected chi connectivity index (χ3v) is 8.49. The number of nitrogens with zero attached hydrogens (tertiary/aromatic N) is 3. The molecule has 0 radical (unpaired) electrons. The van der Waals surface area contributed by atoms with E-state index in [4.69, 9.17) is 9.47 Å². The van der Waals surface area contributed by atoms with Gasteiger partial charge in [0, 0.05) is 43.5 Å². The van der Waals surface area contributed by atoms with Gasteiger partial charge in [-0.15, -0.1) is 5.10 Å². The van der Waals surface area contributed by atoms with Crippen LogP contribution in [0.25, 0.3) is 22.0 Å². The van der Waals surface area contributed by atoms with Crippen molar-refractivity contribution >= 4 is 28.0 Å². The fourth-order valence-corrected chi connectivity index (χ4v) is 5.75. The zero-order valence-electron chi connectivity index (χ0n) is 26.0.